The first-order chi connectivity index (χ1) is 8.19. The van der Waals surface area contributed by atoms with E-state index in [9.17, 15) is 0 Å². The van der Waals surface area contributed by atoms with Gasteiger partial charge in [0.1, 0.15) is 0 Å². The molecule has 1 aliphatic rings. The molecule has 2 N–H and O–H groups in total. The zero-order chi connectivity index (χ0) is 12.3. The van der Waals surface area contributed by atoms with Crippen molar-refractivity contribution in [2.75, 3.05) is 18.8 Å². The zero-order valence-electron chi connectivity index (χ0n) is 10.4. The van der Waals surface area contributed by atoms with Gasteiger partial charge >= 0.3 is 0 Å². The molecule has 0 aromatic heterocycles. The second-order valence-electron chi connectivity index (χ2n) is 5.01. The van der Waals surface area contributed by atoms with Crippen molar-refractivity contribution in [2.45, 2.75) is 26.3 Å². The predicted octanol–water partition coefficient (Wildman–Crippen LogP) is 2.42. The topological polar surface area (TPSA) is 29.3 Å². The number of terminal acetylenes is 1. The smallest absolute Gasteiger partial charge is 0.0601 e. The molecule has 1 aromatic rings. The second kappa shape index (κ2) is 5.25. The number of benzene rings is 1. The monoisotopic (exact) mass is 228 g/mol. The Kier molecular flexibility index (Phi) is 3.71. The third kappa shape index (κ3) is 3.51. The highest BCUT2D eigenvalue weighted by Gasteiger charge is 2.23. The van der Waals surface area contributed by atoms with E-state index in [0.717, 1.165) is 36.8 Å². The maximum absolute atomic E-state index is 5.93. The Hall–Kier alpha value is -1.46. The summed E-state index contributed by atoms with van der Waals surface area (Å²) < 4.78 is 0. The molecule has 0 spiro atoms. The van der Waals surface area contributed by atoms with Crippen molar-refractivity contribution in [1.29, 1.82) is 0 Å². The minimum atomic E-state index is 0.726. The molecule has 0 unspecified atom stereocenters. The van der Waals surface area contributed by atoms with Crippen LogP contribution < -0.4 is 5.73 Å². The zero-order valence-corrected chi connectivity index (χ0v) is 10.4. The minimum absolute atomic E-state index is 0.726. The molecule has 1 aromatic carbocycles. The van der Waals surface area contributed by atoms with E-state index in [1.54, 1.807) is 0 Å². The number of nitrogens with zero attached hydrogens (tertiary/aromatic N) is 1. The average molecular weight is 228 g/mol. The summed E-state index contributed by atoms with van der Waals surface area (Å²) in [6.45, 7) is 4.79. The van der Waals surface area contributed by atoms with Crippen molar-refractivity contribution >= 4 is 5.69 Å². The van der Waals surface area contributed by atoms with Gasteiger partial charge in [-0.05, 0) is 42.9 Å². The minimum Gasteiger partial charge on any atom is -0.399 e. The van der Waals surface area contributed by atoms with Crippen LogP contribution in [-0.2, 0) is 6.54 Å². The van der Waals surface area contributed by atoms with Crippen molar-refractivity contribution in [3.05, 3.63) is 29.3 Å². The van der Waals surface area contributed by atoms with Crippen LogP contribution in [0.4, 0.5) is 5.69 Å². The molecule has 0 bridgehead atoms. The maximum atomic E-state index is 5.93. The van der Waals surface area contributed by atoms with Gasteiger partial charge in [0, 0.05) is 18.8 Å². The van der Waals surface area contributed by atoms with Crippen LogP contribution in [0.1, 0.15) is 24.0 Å². The molecule has 17 heavy (non-hydrogen) atoms. The molecule has 0 heterocycles. The lowest BCUT2D eigenvalue weighted by atomic mass is 10.1. The fourth-order valence-electron chi connectivity index (χ4n) is 2.03. The van der Waals surface area contributed by atoms with Gasteiger partial charge in [0.05, 0.1) is 6.54 Å². The van der Waals surface area contributed by atoms with Crippen molar-refractivity contribution < 1.29 is 0 Å². The molecule has 1 fully saturated rings. The molecular formula is C15H20N2. The summed E-state index contributed by atoms with van der Waals surface area (Å²) in [5, 5.41) is 0. The first-order valence-corrected chi connectivity index (χ1v) is 6.20. The maximum Gasteiger partial charge on any atom is 0.0601 e. The van der Waals surface area contributed by atoms with Gasteiger partial charge in [0.15, 0.2) is 0 Å². The van der Waals surface area contributed by atoms with E-state index in [1.807, 2.05) is 6.92 Å². The summed E-state index contributed by atoms with van der Waals surface area (Å²) in [6, 6.07) is 6.28. The third-order valence-corrected chi connectivity index (χ3v) is 3.28. The summed E-state index contributed by atoms with van der Waals surface area (Å²) in [5.41, 5.74) is 9.19. The summed E-state index contributed by atoms with van der Waals surface area (Å²) >= 11 is 0. The number of hydrogen-bond donors (Lipinski definition) is 1. The number of hydrogen-bond acceptors (Lipinski definition) is 2. The van der Waals surface area contributed by atoms with E-state index in [4.69, 9.17) is 12.2 Å². The van der Waals surface area contributed by atoms with Crippen LogP contribution in [0.3, 0.4) is 0 Å². The number of rotatable bonds is 5. The van der Waals surface area contributed by atoms with Crippen LogP contribution in [0.5, 0.6) is 0 Å². The molecule has 2 heteroatoms. The molecule has 1 saturated carbocycles. The van der Waals surface area contributed by atoms with Gasteiger partial charge in [-0.25, -0.2) is 0 Å². The lowest BCUT2D eigenvalue weighted by molar-refractivity contribution is 0.286. The van der Waals surface area contributed by atoms with Crippen molar-refractivity contribution in [3.63, 3.8) is 0 Å². The molecule has 0 aliphatic heterocycles. The first kappa shape index (κ1) is 12.0. The standard InChI is InChI=1S/C15H20N2/c1-3-8-17(10-13-6-7-13)11-14-5-4-12(2)15(16)9-14/h1,4-5,9,13H,6-8,10-11,16H2,2H3. The van der Waals surface area contributed by atoms with Crippen molar-refractivity contribution in [2.24, 2.45) is 5.92 Å². The van der Waals surface area contributed by atoms with Gasteiger partial charge in [-0.15, -0.1) is 6.42 Å². The summed E-state index contributed by atoms with van der Waals surface area (Å²) in [6.07, 6.45) is 8.13. The van der Waals surface area contributed by atoms with Gasteiger partial charge in [0.2, 0.25) is 0 Å². The Morgan fingerprint density at radius 2 is 2.24 bits per heavy atom. The molecule has 1 aliphatic carbocycles. The normalized spacial score (nSPS) is 14.9. The lowest BCUT2D eigenvalue weighted by Crippen LogP contribution is -2.26. The highest BCUT2D eigenvalue weighted by Crippen LogP contribution is 2.30. The largest absolute Gasteiger partial charge is 0.399 e. The van der Waals surface area contributed by atoms with E-state index in [-0.39, 0.29) is 0 Å². The Morgan fingerprint density at radius 3 is 2.82 bits per heavy atom. The SMILES string of the molecule is C#CCN(Cc1ccc(C)c(N)c1)CC1CC1. The number of nitrogens with two attached hydrogens (primary N) is 1. The van der Waals surface area contributed by atoms with Gasteiger partial charge in [-0.2, -0.15) is 0 Å². The summed E-state index contributed by atoms with van der Waals surface area (Å²) in [5.74, 6) is 3.61. The molecule has 90 valence electrons. The van der Waals surface area contributed by atoms with Gasteiger partial charge in [-0.3, -0.25) is 4.90 Å². The van der Waals surface area contributed by atoms with Crippen LogP contribution in [-0.4, -0.2) is 18.0 Å². The molecule has 0 atom stereocenters. The highest BCUT2D eigenvalue weighted by molar-refractivity contribution is 5.48. The number of aryl methyl sites for hydroxylation is 1. The second-order valence-corrected chi connectivity index (χ2v) is 5.01. The van der Waals surface area contributed by atoms with Crippen LogP contribution in [0, 0.1) is 25.2 Å². The van der Waals surface area contributed by atoms with Crippen LogP contribution in [0.15, 0.2) is 18.2 Å². The third-order valence-electron chi connectivity index (χ3n) is 3.28. The molecule has 0 amide bonds. The fourth-order valence-corrected chi connectivity index (χ4v) is 2.03. The molecule has 0 saturated heterocycles. The highest BCUT2D eigenvalue weighted by atomic mass is 15.1. The first-order valence-electron chi connectivity index (χ1n) is 6.20. The molecular weight excluding hydrogens is 208 g/mol. The van der Waals surface area contributed by atoms with Gasteiger partial charge in [-0.1, -0.05) is 18.1 Å². The Morgan fingerprint density at radius 1 is 1.47 bits per heavy atom. The van der Waals surface area contributed by atoms with E-state index < -0.39 is 0 Å². The summed E-state index contributed by atoms with van der Waals surface area (Å²) in [4.78, 5) is 2.34. The molecule has 0 radical (unpaired) electrons. The average Bonchev–Trinajstić information content (AvgIpc) is 3.08. The lowest BCUT2D eigenvalue weighted by Gasteiger charge is -2.20. The number of nitrogen functional groups attached to an aromatic ring is 1. The van der Waals surface area contributed by atoms with Crippen molar-refractivity contribution in [3.8, 4) is 12.3 Å². The summed E-state index contributed by atoms with van der Waals surface area (Å²) in [7, 11) is 0. The number of anilines is 1. The Labute approximate surface area is 104 Å². The van der Waals surface area contributed by atoms with E-state index in [0.29, 0.717) is 0 Å². The molecule has 2 nitrogen and oxygen atoms in total. The molecule has 2 rings (SSSR count). The van der Waals surface area contributed by atoms with Gasteiger partial charge < -0.3 is 5.73 Å². The van der Waals surface area contributed by atoms with Crippen LogP contribution in [0.25, 0.3) is 0 Å². The van der Waals surface area contributed by atoms with Crippen LogP contribution in [0.2, 0.25) is 0 Å². The Balaban J connectivity index is 2.00. The van der Waals surface area contributed by atoms with Crippen LogP contribution >= 0.6 is 0 Å². The van der Waals surface area contributed by atoms with Gasteiger partial charge in [0.25, 0.3) is 0 Å². The fraction of sp³-hybridized carbons (Fsp3) is 0.467. The Bertz CT molecular complexity index is 427. The quantitative estimate of drug-likeness (QED) is 0.619. The predicted molar refractivity (Wildman–Crippen MR) is 72.4 cm³/mol. The van der Waals surface area contributed by atoms with E-state index >= 15 is 0 Å². The van der Waals surface area contributed by atoms with E-state index in [1.165, 1.54) is 18.4 Å². The van der Waals surface area contributed by atoms with Crippen molar-refractivity contribution in [1.82, 2.24) is 4.90 Å². The van der Waals surface area contributed by atoms with E-state index in [2.05, 4.69) is 29.0 Å².